The number of likely N-dealkylation sites (N-methyl/N-ethyl adjacent to an activating group) is 1. The highest BCUT2D eigenvalue weighted by Crippen LogP contribution is 2.29. The number of hydrogen-bond acceptors (Lipinski definition) is 4. The van der Waals surface area contributed by atoms with Gasteiger partial charge in [0.1, 0.15) is 5.75 Å². The van der Waals surface area contributed by atoms with E-state index in [9.17, 15) is 9.59 Å². The Morgan fingerprint density at radius 2 is 1.88 bits per heavy atom. The summed E-state index contributed by atoms with van der Waals surface area (Å²) in [7, 11) is 3.13. The van der Waals surface area contributed by atoms with Crippen LogP contribution < -0.4 is 10.1 Å². The molecule has 0 unspecified atom stereocenters. The van der Waals surface area contributed by atoms with Gasteiger partial charge in [0.2, 0.25) is 5.91 Å². The van der Waals surface area contributed by atoms with Crippen molar-refractivity contribution >= 4 is 29.1 Å². The minimum absolute atomic E-state index is 0.124. The van der Waals surface area contributed by atoms with Gasteiger partial charge in [0.05, 0.1) is 25.0 Å². The maximum absolute atomic E-state index is 13.4. The third-order valence-electron chi connectivity index (χ3n) is 5.80. The van der Waals surface area contributed by atoms with E-state index in [1.165, 1.54) is 12.0 Å². The van der Waals surface area contributed by atoms with Gasteiger partial charge in [-0.3, -0.25) is 9.59 Å². The highest BCUT2D eigenvalue weighted by Gasteiger charge is 2.27. The zero-order valence-electron chi connectivity index (χ0n) is 18.8. The molecule has 1 aliphatic carbocycles. The van der Waals surface area contributed by atoms with Crippen molar-refractivity contribution in [1.82, 2.24) is 14.7 Å². The van der Waals surface area contributed by atoms with Crippen LogP contribution in [-0.4, -0.2) is 47.2 Å². The van der Waals surface area contributed by atoms with Crippen molar-refractivity contribution in [3.8, 4) is 11.4 Å². The number of ether oxygens (including phenoxy) is 1. The summed E-state index contributed by atoms with van der Waals surface area (Å²) >= 11 is 6.05. The highest BCUT2D eigenvalue weighted by atomic mass is 35.5. The first-order chi connectivity index (χ1) is 16.0. The number of anilines is 1. The summed E-state index contributed by atoms with van der Waals surface area (Å²) in [6.45, 7) is -0.124. The van der Waals surface area contributed by atoms with Gasteiger partial charge in [-0.2, -0.15) is 5.10 Å². The molecular formula is C25H27ClN4O3. The summed E-state index contributed by atoms with van der Waals surface area (Å²) in [5.74, 6) is -0.121. The van der Waals surface area contributed by atoms with Crippen molar-refractivity contribution in [3.05, 3.63) is 70.5 Å². The first-order valence-electron chi connectivity index (χ1n) is 11.0. The van der Waals surface area contributed by atoms with Gasteiger partial charge in [-0.25, -0.2) is 4.68 Å². The maximum Gasteiger partial charge on any atom is 0.274 e. The van der Waals surface area contributed by atoms with E-state index >= 15 is 0 Å². The average Bonchev–Trinajstić information content (AvgIpc) is 2.99. The Bertz CT molecular complexity index is 1160. The molecule has 1 aliphatic rings. The fourth-order valence-corrected chi connectivity index (χ4v) is 4.34. The number of carbonyl (C=O) groups is 2. The second-order valence-electron chi connectivity index (χ2n) is 8.14. The molecule has 1 N–H and O–H groups in total. The van der Waals surface area contributed by atoms with Crippen LogP contribution in [0.4, 0.5) is 5.69 Å². The van der Waals surface area contributed by atoms with E-state index in [2.05, 4.69) is 5.32 Å². The number of aromatic nitrogens is 2. The minimum atomic E-state index is -0.347. The van der Waals surface area contributed by atoms with Gasteiger partial charge >= 0.3 is 0 Å². The largest absolute Gasteiger partial charge is 0.495 e. The molecule has 0 spiro atoms. The van der Waals surface area contributed by atoms with Crippen LogP contribution in [0.3, 0.4) is 0 Å². The van der Waals surface area contributed by atoms with E-state index in [0.29, 0.717) is 22.2 Å². The molecule has 8 heteroatoms. The summed E-state index contributed by atoms with van der Waals surface area (Å²) < 4.78 is 7.16. The molecule has 0 atom stereocenters. The fraction of sp³-hybridized carbons (Fsp3) is 0.320. The number of methoxy groups -OCH3 is 1. The summed E-state index contributed by atoms with van der Waals surface area (Å²) in [5.41, 5.74) is 3.89. The van der Waals surface area contributed by atoms with Crippen LogP contribution in [0.5, 0.6) is 5.75 Å². The summed E-state index contributed by atoms with van der Waals surface area (Å²) in [6, 6.07) is 14.8. The highest BCUT2D eigenvalue weighted by molar-refractivity contribution is 6.31. The number of hydrogen-bond donors (Lipinski definition) is 1. The summed E-state index contributed by atoms with van der Waals surface area (Å²) in [6.07, 6.45) is 4.90. The minimum Gasteiger partial charge on any atom is -0.495 e. The van der Waals surface area contributed by atoms with E-state index in [0.717, 1.165) is 49.0 Å². The molecule has 33 heavy (non-hydrogen) atoms. The van der Waals surface area contributed by atoms with E-state index < -0.39 is 0 Å². The Kier molecular flexibility index (Phi) is 6.99. The lowest BCUT2D eigenvalue weighted by atomic mass is 10.1. The molecule has 172 valence electrons. The SMILES string of the molecule is COc1ccc(Cl)cc1NC(=O)CN(C)C(=O)c1nn(-c2ccccc2)c2c1CCCCC2. The van der Waals surface area contributed by atoms with Crippen molar-refractivity contribution in [3.63, 3.8) is 0 Å². The topological polar surface area (TPSA) is 76.5 Å². The van der Waals surface area contributed by atoms with Crippen molar-refractivity contribution in [2.45, 2.75) is 32.1 Å². The Morgan fingerprint density at radius 3 is 2.64 bits per heavy atom. The zero-order chi connectivity index (χ0) is 23.4. The Labute approximate surface area is 198 Å². The molecule has 3 aromatic rings. The van der Waals surface area contributed by atoms with Crippen LogP contribution in [0.1, 0.15) is 41.0 Å². The fourth-order valence-electron chi connectivity index (χ4n) is 4.17. The average molecular weight is 467 g/mol. The molecule has 2 amide bonds. The lowest BCUT2D eigenvalue weighted by molar-refractivity contribution is -0.116. The van der Waals surface area contributed by atoms with Gasteiger partial charge in [-0.05, 0) is 56.0 Å². The van der Waals surface area contributed by atoms with E-state index in [1.807, 2.05) is 35.0 Å². The number of rotatable bonds is 6. The van der Waals surface area contributed by atoms with Crippen LogP contribution in [0, 0.1) is 0 Å². The predicted molar refractivity (Wildman–Crippen MR) is 128 cm³/mol. The molecule has 2 aromatic carbocycles. The first-order valence-corrected chi connectivity index (χ1v) is 11.4. The number of halogens is 1. The van der Waals surface area contributed by atoms with Gasteiger partial charge in [0.25, 0.3) is 5.91 Å². The van der Waals surface area contributed by atoms with Gasteiger partial charge in [-0.15, -0.1) is 0 Å². The van der Waals surface area contributed by atoms with E-state index in [4.69, 9.17) is 21.4 Å². The second kappa shape index (κ2) is 10.1. The molecular weight excluding hydrogens is 440 g/mol. The number of nitrogens with zero attached hydrogens (tertiary/aromatic N) is 3. The van der Waals surface area contributed by atoms with E-state index in [-0.39, 0.29) is 18.4 Å². The van der Waals surface area contributed by atoms with Crippen molar-refractivity contribution in [2.75, 3.05) is 26.0 Å². The number of amides is 2. The number of fused-ring (bicyclic) bond motifs is 1. The third kappa shape index (κ3) is 5.03. The molecule has 0 aliphatic heterocycles. The maximum atomic E-state index is 13.4. The molecule has 0 saturated heterocycles. The lowest BCUT2D eigenvalue weighted by Crippen LogP contribution is -2.35. The monoisotopic (exact) mass is 466 g/mol. The standard InChI is InChI=1S/C25H27ClN4O3/c1-29(16-23(31)27-20-15-17(26)13-14-22(20)33-2)25(32)24-19-11-7-4-8-12-21(19)30(28-24)18-9-5-3-6-10-18/h3,5-6,9-10,13-15H,4,7-8,11-12,16H2,1-2H3,(H,27,31). The summed E-state index contributed by atoms with van der Waals surface area (Å²) in [4.78, 5) is 27.4. The van der Waals surface area contributed by atoms with E-state index in [1.54, 1.807) is 25.2 Å². The van der Waals surface area contributed by atoms with Gasteiger partial charge in [0.15, 0.2) is 5.69 Å². The molecule has 0 bridgehead atoms. The van der Waals surface area contributed by atoms with Gasteiger partial charge < -0.3 is 15.0 Å². The molecule has 0 fully saturated rings. The Morgan fingerprint density at radius 1 is 1.12 bits per heavy atom. The Hall–Kier alpha value is -3.32. The number of nitrogens with one attached hydrogen (secondary N) is 1. The first kappa shape index (κ1) is 22.9. The van der Waals surface area contributed by atoms with Crippen molar-refractivity contribution < 1.29 is 14.3 Å². The van der Waals surface area contributed by atoms with Crippen LogP contribution in [0.25, 0.3) is 5.69 Å². The normalized spacial score (nSPS) is 13.1. The lowest BCUT2D eigenvalue weighted by Gasteiger charge is -2.17. The molecule has 1 aromatic heterocycles. The van der Waals surface area contributed by atoms with Gasteiger partial charge in [0, 0.05) is 23.3 Å². The van der Waals surface area contributed by atoms with Gasteiger partial charge in [-0.1, -0.05) is 36.2 Å². The number of para-hydroxylation sites is 1. The number of benzene rings is 2. The smallest absolute Gasteiger partial charge is 0.274 e. The molecule has 4 rings (SSSR count). The van der Waals surface area contributed by atoms with Crippen LogP contribution in [0.2, 0.25) is 5.02 Å². The third-order valence-corrected chi connectivity index (χ3v) is 6.03. The molecule has 7 nitrogen and oxygen atoms in total. The number of carbonyl (C=O) groups excluding carboxylic acids is 2. The summed E-state index contributed by atoms with van der Waals surface area (Å²) in [5, 5.41) is 7.96. The van der Waals surface area contributed by atoms with Crippen LogP contribution in [-0.2, 0) is 17.6 Å². The predicted octanol–water partition coefficient (Wildman–Crippen LogP) is 4.51. The van der Waals surface area contributed by atoms with Crippen LogP contribution in [0.15, 0.2) is 48.5 Å². The molecule has 1 heterocycles. The second-order valence-corrected chi connectivity index (χ2v) is 8.57. The molecule has 0 saturated carbocycles. The van der Waals surface area contributed by atoms with Crippen molar-refractivity contribution in [1.29, 1.82) is 0 Å². The molecule has 0 radical (unpaired) electrons. The quantitative estimate of drug-likeness (QED) is 0.542. The Balaban J connectivity index is 1.56. The van der Waals surface area contributed by atoms with Crippen molar-refractivity contribution in [2.24, 2.45) is 0 Å². The van der Waals surface area contributed by atoms with Crippen LogP contribution >= 0.6 is 11.6 Å². The zero-order valence-corrected chi connectivity index (χ0v) is 19.6.